The number of ether oxygens (including phenoxy) is 1. The van der Waals surface area contributed by atoms with E-state index < -0.39 is 0 Å². The highest BCUT2D eigenvalue weighted by Gasteiger charge is 2.12. The van der Waals surface area contributed by atoms with Crippen LogP contribution in [0.5, 0.6) is 5.75 Å². The maximum atomic E-state index is 12.2. The molecule has 1 aromatic heterocycles. The van der Waals surface area contributed by atoms with Gasteiger partial charge in [0.2, 0.25) is 5.91 Å². The SMILES string of the molecule is COc1ccc(NC(C)=O)cc1NC(=O)c1csc(I)c1. The van der Waals surface area contributed by atoms with E-state index in [0.29, 0.717) is 22.7 Å². The van der Waals surface area contributed by atoms with Crippen LogP contribution >= 0.6 is 33.9 Å². The quantitative estimate of drug-likeness (QED) is 0.749. The molecule has 2 N–H and O–H groups in total. The molecule has 2 amide bonds. The van der Waals surface area contributed by atoms with Gasteiger partial charge in [-0.25, -0.2) is 0 Å². The second-order valence-corrected chi connectivity index (χ2v) is 7.00. The summed E-state index contributed by atoms with van der Waals surface area (Å²) < 4.78 is 6.26. The number of benzene rings is 1. The highest BCUT2D eigenvalue weighted by molar-refractivity contribution is 14.1. The maximum Gasteiger partial charge on any atom is 0.256 e. The summed E-state index contributed by atoms with van der Waals surface area (Å²) in [5.41, 5.74) is 1.70. The molecule has 7 heteroatoms. The van der Waals surface area contributed by atoms with Gasteiger partial charge in [-0.05, 0) is 46.9 Å². The second kappa shape index (κ2) is 6.90. The molecule has 1 heterocycles. The van der Waals surface area contributed by atoms with Gasteiger partial charge in [0.05, 0.1) is 21.2 Å². The topological polar surface area (TPSA) is 67.4 Å². The van der Waals surface area contributed by atoms with E-state index >= 15 is 0 Å². The summed E-state index contributed by atoms with van der Waals surface area (Å²) >= 11 is 3.67. The Morgan fingerprint density at radius 1 is 1.24 bits per heavy atom. The summed E-state index contributed by atoms with van der Waals surface area (Å²) in [7, 11) is 1.52. The van der Waals surface area contributed by atoms with Crippen molar-refractivity contribution in [2.45, 2.75) is 6.92 Å². The number of hydrogen-bond acceptors (Lipinski definition) is 4. The first-order valence-electron chi connectivity index (χ1n) is 6.00. The van der Waals surface area contributed by atoms with Crippen molar-refractivity contribution in [3.63, 3.8) is 0 Å². The zero-order valence-corrected chi connectivity index (χ0v) is 14.4. The summed E-state index contributed by atoms with van der Waals surface area (Å²) in [6.45, 7) is 1.43. The van der Waals surface area contributed by atoms with Crippen LogP contribution in [0.2, 0.25) is 0 Å². The molecule has 0 atom stereocenters. The Balaban J connectivity index is 2.24. The van der Waals surface area contributed by atoms with E-state index in [-0.39, 0.29) is 11.8 Å². The summed E-state index contributed by atoms with van der Waals surface area (Å²) in [6.07, 6.45) is 0. The van der Waals surface area contributed by atoms with Crippen LogP contribution in [0, 0.1) is 2.88 Å². The Morgan fingerprint density at radius 2 is 2.00 bits per heavy atom. The van der Waals surface area contributed by atoms with Gasteiger partial charge in [-0.3, -0.25) is 9.59 Å². The lowest BCUT2D eigenvalue weighted by molar-refractivity contribution is -0.114. The van der Waals surface area contributed by atoms with Crippen molar-refractivity contribution in [1.29, 1.82) is 0 Å². The molecule has 2 aromatic rings. The molecule has 0 radical (unpaired) electrons. The van der Waals surface area contributed by atoms with Crippen LogP contribution in [0.4, 0.5) is 11.4 Å². The number of anilines is 2. The third kappa shape index (κ3) is 4.18. The number of carbonyl (C=O) groups excluding carboxylic acids is 2. The van der Waals surface area contributed by atoms with Gasteiger partial charge in [-0.1, -0.05) is 0 Å². The zero-order chi connectivity index (χ0) is 15.4. The average Bonchev–Trinajstić information content (AvgIpc) is 2.85. The van der Waals surface area contributed by atoms with Gasteiger partial charge < -0.3 is 15.4 Å². The van der Waals surface area contributed by atoms with Crippen molar-refractivity contribution in [3.05, 3.63) is 38.1 Å². The molecule has 0 unspecified atom stereocenters. The number of methoxy groups -OCH3 is 1. The monoisotopic (exact) mass is 416 g/mol. The maximum absolute atomic E-state index is 12.2. The van der Waals surface area contributed by atoms with Crippen molar-refractivity contribution in [1.82, 2.24) is 0 Å². The molecule has 0 aliphatic rings. The van der Waals surface area contributed by atoms with E-state index in [1.54, 1.807) is 23.6 Å². The fraction of sp³-hybridized carbons (Fsp3) is 0.143. The van der Waals surface area contributed by atoms with Crippen LogP contribution < -0.4 is 15.4 Å². The Kier molecular flexibility index (Phi) is 5.18. The van der Waals surface area contributed by atoms with Gasteiger partial charge in [0.25, 0.3) is 5.91 Å². The van der Waals surface area contributed by atoms with Crippen LogP contribution in [0.1, 0.15) is 17.3 Å². The van der Waals surface area contributed by atoms with E-state index in [1.165, 1.54) is 25.4 Å². The van der Waals surface area contributed by atoms with E-state index in [9.17, 15) is 9.59 Å². The molecule has 2 rings (SSSR count). The van der Waals surface area contributed by atoms with Crippen LogP contribution in [-0.4, -0.2) is 18.9 Å². The van der Waals surface area contributed by atoms with Crippen molar-refractivity contribution >= 4 is 57.1 Å². The predicted molar refractivity (Wildman–Crippen MR) is 92.3 cm³/mol. The molecule has 5 nitrogen and oxygen atoms in total. The number of halogens is 1. The fourth-order valence-corrected chi connectivity index (χ4v) is 3.04. The smallest absolute Gasteiger partial charge is 0.256 e. The van der Waals surface area contributed by atoms with Gasteiger partial charge in [0.1, 0.15) is 5.75 Å². The van der Waals surface area contributed by atoms with Gasteiger partial charge in [0.15, 0.2) is 0 Å². The van der Waals surface area contributed by atoms with Crippen molar-refractivity contribution < 1.29 is 14.3 Å². The summed E-state index contributed by atoms with van der Waals surface area (Å²) in [5.74, 6) is 0.139. The molecule has 0 aliphatic carbocycles. The number of hydrogen-bond donors (Lipinski definition) is 2. The molecule has 1 aromatic carbocycles. The minimum Gasteiger partial charge on any atom is -0.495 e. The molecular weight excluding hydrogens is 403 g/mol. The largest absolute Gasteiger partial charge is 0.495 e. The minimum absolute atomic E-state index is 0.176. The average molecular weight is 416 g/mol. The van der Waals surface area contributed by atoms with E-state index in [2.05, 4.69) is 33.2 Å². The number of thiophene rings is 1. The predicted octanol–water partition coefficient (Wildman–Crippen LogP) is 3.57. The third-order valence-corrected chi connectivity index (χ3v) is 4.39. The number of nitrogens with one attached hydrogen (secondary N) is 2. The first-order valence-corrected chi connectivity index (χ1v) is 7.96. The molecule has 110 valence electrons. The number of carbonyl (C=O) groups is 2. The Hall–Kier alpha value is -1.61. The summed E-state index contributed by atoms with van der Waals surface area (Å²) in [5, 5.41) is 7.25. The molecule has 0 saturated carbocycles. The Labute approximate surface area is 139 Å². The van der Waals surface area contributed by atoms with Crippen molar-refractivity contribution in [2.24, 2.45) is 0 Å². The van der Waals surface area contributed by atoms with Gasteiger partial charge in [-0.2, -0.15) is 0 Å². The van der Waals surface area contributed by atoms with Crippen molar-refractivity contribution in [3.8, 4) is 5.75 Å². The molecule has 0 saturated heterocycles. The fourth-order valence-electron chi connectivity index (χ4n) is 1.71. The highest BCUT2D eigenvalue weighted by atomic mass is 127. The van der Waals surface area contributed by atoms with Crippen LogP contribution in [-0.2, 0) is 4.79 Å². The van der Waals surface area contributed by atoms with Crippen molar-refractivity contribution in [2.75, 3.05) is 17.7 Å². The molecule has 21 heavy (non-hydrogen) atoms. The summed E-state index contributed by atoms with van der Waals surface area (Å²) in [6, 6.07) is 6.88. The van der Waals surface area contributed by atoms with Gasteiger partial charge in [-0.15, -0.1) is 11.3 Å². The highest BCUT2D eigenvalue weighted by Crippen LogP contribution is 2.28. The number of rotatable bonds is 4. The van der Waals surface area contributed by atoms with E-state index in [0.717, 1.165) is 2.88 Å². The van der Waals surface area contributed by atoms with Gasteiger partial charge >= 0.3 is 0 Å². The molecule has 0 fully saturated rings. The second-order valence-electron chi connectivity index (χ2n) is 4.19. The van der Waals surface area contributed by atoms with Gasteiger partial charge in [0, 0.05) is 18.0 Å². The lowest BCUT2D eigenvalue weighted by atomic mass is 10.2. The Morgan fingerprint density at radius 3 is 2.57 bits per heavy atom. The lowest BCUT2D eigenvalue weighted by Crippen LogP contribution is -2.12. The standard InChI is InChI=1S/C14H13IN2O3S/c1-8(18)16-10-3-4-12(20-2)11(6-10)17-14(19)9-5-13(15)21-7-9/h3-7H,1-2H3,(H,16,18)(H,17,19). The Bertz CT molecular complexity index is 685. The number of amides is 2. The van der Waals surface area contributed by atoms with E-state index in [4.69, 9.17) is 4.74 Å². The normalized spacial score (nSPS) is 10.0. The first-order chi connectivity index (χ1) is 9.99. The molecule has 0 spiro atoms. The summed E-state index contributed by atoms with van der Waals surface area (Å²) in [4.78, 5) is 23.3. The van der Waals surface area contributed by atoms with E-state index in [1.807, 2.05) is 6.07 Å². The third-order valence-electron chi connectivity index (χ3n) is 2.60. The lowest BCUT2D eigenvalue weighted by Gasteiger charge is -2.12. The first kappa shape index (κ1) is 15.8. The van der Waals surface area contributed by atoms with Crippen LogP contribution in [0.25, 0.3) is 0 Å². The molecular formula is C14H13IN2O3S. The molecule has 0 bridgehead atoms. The minimum atomic E-state index is -0.215. The zero-order valence-electron chi connectivity index (χ0n) is 11.4. The molecule has 0 aliphatic heterocycles. The van der Waals surface area contributed by atoms with Crippen LogP contribution in [0.3, 0.4) is 0 Å². The van der Waals surface area contributed by atoms with Crippen LogP contribution in [0.15, 0.2) is 29.6 Å².